The third-order valence-corrected chi connectivity index (χ3v) is 1.40. The molecule has 0 aromatic carbocycles. The minimum absolute atomic E-state index is 0.0312. The van der Waals surface area contributed by atoms with Crippen LogP contribution in [-0.4, -0.2) is 25.8 Å². The van der Waals surface area contributed by atoms with Crippen molar-refractivity contribution in [2.45, 2.75) is 12.8 Å². The van der Waals surface area contributed by atoms with E-state index in [9.17, 15) is 4.79 Å². The molecule has 0 unspecified atom stereocenters. The van der Waals surface area contributed by atoms with E-state index in [2.05, 4.69) is 10.1 Å². The molecule has 3 N–H and O–H groups in total. The third-order valence-electron chi connectivity index (χ3n) is 1.40. The number of hydrogen-bond donors (Lipinski definition) is 2. The van der Waals surface area contributed by atoms with Gasteiger partial charge in [-0.25, -0.2) is 4.68 Å². The third kappa shape index (κ3) is 1.94. The first kappa shape index (κ1) is 8.51. The molecule has 0 amide bonds. The Morgan fingerprint density at radius 3 is 2.83 bits per heavy atom. The van der Waals surface area contributed by atoms with Gasteiger partial charge in [0.05, 0.1) is 6.42 Å². The number of nitrogen functional groups attached to an aromatic ring is 1. The van der Waals surface area contributed by atoms with Gasteiger partial charge in [-0.05, 0) is 0 Å². The fourth-order valence-corrected chi connectivity index (χ4v) is 0.776. The fourth-order valence-electron chi connectivity index (χ4n) is 0.776. The number of carbonyl (C=O) groups is 1. The Balaban J connectivity index is 2.58. The summed E-state index contributed by atoms with van der Waals surface area (Å²) in [5, 5.41) is 12.3. The lowest BCUT2D eigenvalue weighted by molar-refractivity contribution is -0.137. The van der Waals surface area contributed by atoms with Crippen LogP contribution < -0.4 is 5.73 Å². The van der Waals surface area contributed by atoms with Crippen molar-refractivity contribution < 1.29 is 9.90 Å². The molecule has 0 saturated carbocycles. The Labute approximate surface area is 69.0 Å². The molecule has 0 bridgehead atoms. The summed E-state index contributed by atoms with van der Waals surface area (Å²) in [6.45, 7) is 0. The van der Waals surface area contributed by atoms with Crippen LogP contribution in [0.2, 0.25) is 0 Å². The van der Waals surface area contributed by atoms with Gasteiger partial charge in [-0.2, -0.15) is 10.1 Å². The highest BCUT2D eigenvalue weighted by atomic mass is 16.4. The van der Waals surface area contributed by atoms with Gasteiger partial charge in [0.1, 0.15) is 0 Å². The van der Waals surface area contributed by atoms with E-state index >= 15 is 0 Å². The lowest BCUT2D eigenvalue weighted by Gasteiger charge is -1.88. The van der Waals surface area contributed by atoms with Crippen LogP contribution in [0.15, 0.2) is 0 Å². The van der Waals surface area contributed by atoms with Crippen molar-refractivity contribution in [3.8, 4) is 0 Å². The fraction of sp³-hybridized carbons (Fsp3) is 0.500. The summed E-state index contributed by atoms with van der Waals surface area (Å²) in [4.78, 5) is 14.0. The van der Waals surface area contributed by atoms with Crippen LogP contribution in [0, 0.1) is 0 Å². The second-order valence-electron chi connectivity index (χ2n) is 2.40. The molecule has 0 aliphatic rings. The highest BCUT2D eigenvalue weighted by molar-refractivity contribution is 5.66. The second-order valence-corrected chi connectivity index (χ2v) is 2.40. The summed E-state index contributed by atoms with van der Waals surface area (Å²) in [6, 6.07) is 0. The normalized spacial score (nSPS) is 10.1. The molecule has 6 nitrogen and oxygen atoms in total. The number of aromatic nitrogens is 3. The summed E-state index contributed by atoms with van der Waals surface area (Å²) in [5.41, 5.74) is 5.39. The maximum Gasteiger partial charge on any atom is 0.303 e. The van der Waals surface area contributed by atoms with Crippen molar-refractivity contribution in [1.29, 1.82) is 0 Å². The predicted octanol–water partition coefficient (Wildman–Crippen LogP) is -0.586. The Hall–Kier alpha value is -1.59. The van der Waals surface area contributed by atoms with Crippen LogP contribution in [0.25, 0.3) is 0 Å². The summed E-state index contributed by atoms with van der Waals surface area (Å²) < 4.78 is 1.41. The lowest BCUT2D eigenvalue weighted by atomic mass is 10.3. The van der Waals surface area contributed by atoms with E-state index in [0.29, 0.717) is 18.2 Å². The SMILES string of the molecule is Cn1nc(CCC(=O)O)nc1N. The van der Waals surface area contributed by atoms with E-state index in [0.717, 1.165) is 0 Å². The molecule has 1 heterocycles. The number of nitrogens with two attached hydrogens (primary N) is 1. The standard InChI is InChI=1S/C6H10N4O2/c1-10-6(7)8-4(9-10)2-3-5(11)12/h2-3H2,1H3,(H,11,12)(H2,7,8,9). The lowest BCUT2D eigenvalue weighted by Crippen LogP contribution is -1.99. The maximum atomic E-state index is 10.2. The number of aliphatic carboxylic acids is 1. The molecule has 1 aromatic rings. The molecule has 12 heavy (non-hydrogen) atoms. The Bertz CT molecular complexity index is 274. The number of carboxylic acids is 1. The van der Waals surface area contributed by atoms with E-state index in [-0.39, 0.29) is 6.42 Å². The van der Waals surface area contributed by atoms with Crippen LogP contribution in [0.4, 0.5) is 5.95 Å². The second kappa shape index (κ2) is 3.21. The average molecular weight is 170 g/mol. The van der Waals surface area contributed by atoms with Crippen LogP contribution >= 0.6 is 0 Å². The van der Waals surface area contributed by atoms with Crippen LogP contribution in [0.5, 0.6) is 0 Å². The van der Waals surface area contributed by atoms with E-state index in [1.54, 1.807) is 7.05 Å². The van der Waals surface area contributed by atoms with Gasteiger partial charge in [-0.3, -0.25) is 4.79 Å². The van der Waals surface area contributed by atoms with Gasteiger partial charge in [0.2, 0.25) is 5.95 Å². The van der Waals surface area contributed by atoms with Gasteiger partial charge in [-0.15, -0.1) is 0 Å². The average Bonchev–Trinajstić information content (AvgIpc) is 2.28. The zero-order chi connectivity index (χ0) is 9.14. The molecule has 0 saturated heterocycles. The van der Waals surface area contributed by atoms with Crippen molar-refractivity contribution in [2.75, 3.05) is 5.73 Å². The van der Waals surface area contributed by atoms with Crippen LogP contribution in [0.1, 0.15) is 12.2 Å². The Morgan fingerprint density at radius 2 is 2.42 bits per heavy atom. The quantitative estimate of drug-likeness (QED) is 0.632. The van der Waals surface area contributed by atoms with E-state index < -0.39 is 5.97 Å². The Morgan fingerprint density at radius 1 is 1.75 bits per heavy atom. The molecule has 6 heteroatoms. The van der Waals surface area contributed by atoms with Crippen LogP contribution in [0.3, 0.4) is 0 Å². The Kier molecular flexibility index (Phi) is 2.27. The number of carboxylic acid groups (broad SMARTS) is 1. The molecule has 1 aromatic heterocycles. The van der Waals surface area contributed by atoms with Crippen LogP contribution in [-0.2, 0) is 18.3 Å². The summed E-state index contributed by atoms with van der Waals surface area (Å²) in [7, 11) is 1.66. The smallest absolute Gasteiger partial charge is 0.303 e. The van der Waals surface area contributed by atoms with Crippen molar-refractivity contribution in [2.24, 2.45) is 7.05 Å². The summed E-state index contributed by atoms with van der Waals surface area (Å²) in [5.74, 6) is -0.0891. The van der Waals surface area contributed by atoms with Crippen molar-refractivity contribution in [1.82, 2.24) is 14.8 Å². The molecule has 0 spiro atoms. The topological polar surface area (TPSA) is 94.0 Å². The highest BCUT2D eigenvalue weighted by Crippen LogP contribution is 2.00. The molecule has 0 fully saturated rings. The van der Waals surface area contributed by atoms with Gasteiger partial charge >= 0.3 is 5.97 Å². The number of rotatable bonds is 3. The van der Waals surface area contributed by atoms with Gasteiger partial charge in [-0.1, -0.05) is 0 Å². The summed E-state index contributed by atoms with van der Waals surface area (Å²) >= 11 is 0. The number of anilines is 1. The van der Waals surface area contributed by atoms with Crippen molar-refractivity contribution in [3.05, 3.63) is 5.82 Å². The molecule has 0 atom stereocenters. The van der Waals surface area contributed by atoms with Gasteiger partial charge in [0.15, 0.2) is 5.82 Å². The molecule has 1 rings (SSSR count). The minimum Gasteiger partial charge on any atom is -0.481 e. The van der Waals surface area contributed by atoms with Gasteiger partial charge in [0.25, 0.3) is 0 Å². The first-order chi connectivity index (χ1) is 5.59. The number of nitrogens with zero attached hydrogens (tertiary/aromatic N) is 3. The number of hydrogen-bond acceptors (Lipinski definition) is 4. The largest absolute Gasteiger partial charge is 0.481 e. The van der Waals surface area contributed by atoms with E-state index in [1.807, 2.05) is 0 Å². The maximum absolute atomic E-state index is 10.2. The van der Waals surface area contributed by atoms with E-state index in [1.165, 1.54) is 4.68 Å². The molecule has 0 aliphatic heterocycles. The zero-order valence-electron chi connectivity index (χ0n) is 6.69. The summed E-state index contributed by atoms with van der Waals surface area (Å²) in [6.07, 6.45) is 0.351. The minimum atomic E-state index is -0.860. The molecular weight excluding hydrogens is 160 g/mol. The van der Waals surface area contributed by atoms with Gasteiger partial charge < -0.3 is 10.8 Å². The molecule has 0 radical (unpaired) electrons. The predicted molar refractivity (Wildman–Crippen MR) is 41.4 cm³/mol. The monoisotopic (exact) mass is 170 g/mol. The first-order valence-corrected chi connectivity index (χ1v) is 3.47. The van der Waals surface area contributed by atoms with Crippen molar-refractivity contribution in [3.63, 3.8) is 0 Å². The zero-order valence-corrected chi connectivity index (χ0v) is 6.69. The van der Waals surface area contributed by atoms with Gasteiger partial charge in [0, 0.05) is 13.5 Å². The molecule has 66 valence electrons. The first-order valence-electron chi connectivity index (χ1n) is 3.47. The molecule has 0 aliphatic carbocycles. The van der Waals surface area contributed by atoms with E-state index in [4.69, 9.17) is 10.8 Å². The van der Waals surface area contributed by atoms with Crippen molar-refractivity contribution >= 4 is 11.9 Å². The highest BCUT2D eigenvalue weighted by Gasteiger charge is 2.05. The molecular formula is C6H10N4O2. The number of aryl methyl sites for hydroxylation is 2.